The Kier molecular flexibility index (Phi) is 6.25. The van der Waals surface area contributed by atoms with Crippen molar-refractivity contribution in [2.75, 3.05) is 0 Å². The summed E-state index contributed by atoms with van der Waals surface area (Å²) < 4.78 is 93.0. The van der Waals surface area contributed by atoms with Crippen molar-refractivity contribution < 1.29 is 30.6 Å². The van der Waals surface area contributed by atoms with E-state index in [1.807, 2.05) is 0 Å². The number of aromatic nitrogens is 1. The lowest BCUT2D eigenvalue weighted by Crippen LogP contribution is -2.37. The highest BCUT2D eigenvalue weighted by molar-refractivity contribution is 7.84. The van der Waals surface area contributed by atoms with E-state index < -0.39 is 50.9 Å². The van der Waals surface area contributed by atoms with Gasteiger partial charge in [-0.1, -0.05) is 12.1 Å². The van der Waals surface area contributed by atoms with Crippen LogP contribution in [0.4, 0.5) is 26.3 Å². The van der Waals surface area contributed by atoms with Crippen molar-refractivity contribution in [3.63, 3.8) is 0 Å². The molecule has 10 heteroatoms. The molecule has 0 spiro atoms. The summed E-state index contributed by atoms with van der Waals surface area (Å²) in [6, 6.07) is 4.24. The zero-order valence-corrected chi connectivity index (χ0v) is 16.0. The number of rotatable bonds is 4. The molecule has 1 heterocycles. The van der Waals surface area contributed by atoms with E-state index in [4.69, 9.17) is 0 Å². The Morgan fingerprint density at radius 2 is 1.50 bits per heavy atom. The molecule has 0 aliphatic heterocycles. The summed E-state index contributed by atoms with van der Waals surface area (Å²) >= 11 is 0. The van der Waals surface area contributed by atoms with Gasteiger partial charge in [0.15, 0.2) is 0 Å². The molecule has 3 nitrogen and oxygen atoms in total. The summed E-state index contributed by atoms with van der Waals surface area (Å²) in [4.78, 5) is 3.79. The molecular weight excluding hydrogens is 406 g/mol. The van der Waals surface area contributed by atoms with Gasteiger partial charge in [0, 0.05) is 6.20 Å². The van der Waals surface area contributed by atoms with E-state index in [1.54, 1.807) is 20.8 Å². The Labute approximate surface area is 160 Å². The van der Waals surface area contributed by atoms with E-state index in [0.717, 1.165) is 42.6 Å². The largest absolute Gasteiger partial charge is 0.418 e. The van der Waals surface area contributed by atoms with E-state index in [0.29, 0.717) is 0 Å². The molecule has 28 heavy (non-hydrogen) atoms. The zero-order chi connectivity index (χ0) is 21.3. The first-order valence-corrected chi connectivity index (χ1v) is 9.23. The molecule has 0 aliphatic carbocycles. The van der Waals surface area contributed by atoms with Crippen LogP contribution in [0.1, 0.15) is 49.2 Å². The van der Waals surface area contributed by atoms with E-state index in [2.05, 4.69) is 9.71 Å². The van der Waals surface area contributed by atoms with Crippen LogP contribution in [0.3, 0.4) is 0 Å². The highest BCUT2D eigenvalue weighted by Crippen LogP contribution is 2.37. The van der Waals surface area contributed by atoms with Crippen molar-refractivity contribution in [2.45, 2.75) is 43.9 Å². The van der Waals surface area contributed by atoms with Crippen molar-refractivity contribution in [1.82, 2.24) is 9.71 Å². The molecule has 0 amide bonds. The fraction of sp³-hybridized carbons (Fsp3) is 0.389. The molecular formula is C18H18F6N2OS. The standard InChI is InChI=1S/C18H18F6N2OS/c1-16(2,3)28(27)26-14(11-6-8-12(9-7-11)17(19,20)21)15-13(18(22,23)24)5-4-10-25-15/h4-10,14,26H,1-3H3. The predicted octanol–water partition coefficient (Wildman–Crippen LogP) is 5.26. The highest BCUT2D eigenvalue weighted by Gasteiger charge is 2.38. The predicted molar refractivity (Wildman–Crippen MR) is 93.6 cm³/mol. The number of benzene rings is 1. The van der Waals surface area contributed by atoms with Crippen LogP contribution in [0.15, 0.2) is 42.6 Å². The van der Waals surface area contributed by atoms with E-state index >= 15 is 0 Å². The van der Waals surface area contributed by atoms with Crippen LogP contribution in [0.2, 0.25) is 0 Å². The SMILES string of the molecule is CC(C)(C)S(=O)NC(c1ccc(C(F)(F)F)cc1)c1ncccc1C(F)(F)F. The maximum Gasteiger partial charge on any atom is 0.418 e. The zero-order valence-electron chi connectivity index (χ0n) is 15.2. The summed E-state index contributed by atoms with van der Waals surface area (Å²) in [5, 5.41) is 0. The first-order valence-electron chi connectivity index (χ1n) is 8.08. The van der Waals surface area contributed by atoms with Gasteiger partial charge in [-0.25, -0.2) is 8.93 Å². The van der Waals surface area contributed by atoms with Gasteiger partial charge in [-0.2, -0.15) is 26.3 Å². The topological polar surface area (TPSA) is 42.0 Å². The van der Waals surface area contributed by atoms with E-state index in [-0.39, 0.29) is 5.56 Å². The number of nitrogens with one attached hydrogen (secondary N) is 1. The summed E-state index contributed by atoms with van der Waals surface area (Å²) in [5.41, 5.74) is -2.38. The number of hydrogen-bond donors (Lipinski definition) is 1. The molecule has 2 unspecified atom stereocenters. The molecule has 2 aromatic rings. The molecule has 0 bridgehead atoms. The molecule has 2 atom stereocenters. The first-order chi connectivity index (χ1) is 12.7. The molecule has 1 aromatic heterocycles. The van der Waals surface area contributed by atoms with Gasteiger partial charge in [-0.3, -0.25) is 4.98 Å². The van der Waals surface area contributed by atoms with Gasteiger partial charge in [-0.15, -0.1) is 0 Å². The Bertz CT molecular complexity index is 841. The van der Waals surface area contributed by atoms with Crippen molar-refractivity contribution in [1.29, 1.82) is 0 Å². The Hall–Kier alpha value is -1.94. The fourth-order valence-electron chi connectivity index (χ4n) is 2.32. The van der Waals surface area contributed by atoms with Crippen LogP contribution < -0.4 is 4.72 Å². The number of nitrogens with zero attached hydrogens (tertiary/aromatic N) is 1. The number of hydrogen-bond acceptors (Lipinski definition) is 2. The van der Waals surface area contributed by atoms with Crippen LogP contribution in [0.25, 0.3) is 0 Å². The summed E-state index contributed by atoms with van der Waals surface area (Å²) in [5.74, 6) is 0. The summed E-state index contributed by atoms with van der Waals surface area (Å²) in [7, 11) is -1.81. The second kappa shape index (κ2) is 7.82. The fourth-order valence-corrected chi connectivity index (χ4v) is 3.13. The van der Waals surface area contributed by atoms with Crippen molar-refractivity contribution in [2.24, 2.45) is 0 Å². The third-order valence-electron chi connectivity index (χ3n) is 3.77. The maximum atomic E-state index is 13.4. The smallest absolute Gasteiger partial charge is 0.259 e. The van der Waals surface area contributed by atoms with Gasteiger partial charge >= 0.3 is 12.4 Å². The molecule has 154 valence electrons. The van der Waals surface area contributed by atoms with Crippen molar-refractivity contribution in [3.05, 3.63) is 65.0 Å². The highest BCUT2D eigenvalue weighted by atomic mass is 32.2. The lowest BCUT2D eigenvalue weighted by Gasteiger charge is -2.26. The Balaban J connectivity index is 2.58. The Morgan fingerprint density at radius 1 is 0.929 bits per heavy atom. The average Bonchev–Trinajstić information content (AvgIpc) is 2.57. The second-order valence-electron chi connectivity index (χ2n) is 6.99. The van der Waals surface area contributed by atoms with Gasteiger partial charge < -0.3 is 0 Å². The van der Waals surface area contributed by atoms with Crippen LogP contribution in [0.5, 0.6) is 0 Å². The molecule has 0 aliphatic rings. The number of pyridine rings is 1. The summed E-state index contributed by atoms with van der Waals surface area (Å²) in [6.07, 6.45) is -8.18. The lowest BCUT2D eigenvalue weighted by atomic mass is 9.98. The Morgan fingerprint density at radius 3 is 1.96 bits per heavy atom. The first kappa shape index (κ1) is 22.4. The number of halogens is 6. The minimum Gasteiger partial charge on any atom is -0.259 e. The minimum absolute atomic E-state index is 0.0785. The normalized spacial score (nSPS) is 15.3. The van der Waals surface area contributed by atoms with Crippen LogP contribution in [-0.2, 0) is 23.3 Å². The van der Waals surface area contributed by atoms with Gasteiger partial charge in [0.05, 0.1) is 38.6 Å². The monoisotopic (exact) mass is 424 g/mol. The molecule has 0 fully saturated rings. The maximum absolute atomic E-state index is 13.4. The molecule has 1 N–H and O–H groups in total. The van der Waals surface area contributed by atoms with Crippen LogP contribution in [-0.4, -0.2) is 13.9 Å². The van der Waals surface area contributed by atoms with Crippen LogP contribution in [0, 0.1) is 0 Å². The van der Waals surface area contributed by atoms with Gasteiger partial charge in [0.2, 0.25) is 0 Å². The van der Waals surface area contributed by atoms with Crippen molar-refractivity contribution in [3.8, 4) is 0 Å². The quantitative estimate of drug-likeness (QED) is 0.681. The third-order valence-corrected chi connectivity index (χ3v) is 5.33. The third kappa shape index (κ3) is 5.32. The molecule has 0 saturated carbocycles. The summed E-state index contributed by atoms with van der Waals surface area (Å²) in [6.45, 7) is 4.84. The second-order valence-corrected chi connectivity index (χ2v) is 8.98. The minimum atomic E-state index is -4.74. The lowest BCUT2D eigenvalue weighted by molar-refractivity contribution is -0.139. The van der Waals surface area contributed by atoms with E-state index in [1.165, 1.54) is 0 Å². The molecule has 0 radical (unpaired) electrons. The molecule has 2 rings (SSSR count). The van der Waals surface area contributed by atoms with Crippen LogP contribution >= 0.6 is 0 Å². The molecule has 0 saturated heterocycles. The van der Waals surface area contributed by atoms with Gasteiger partial charge in [0.25, 0.3) is 0 Å². The average molecular weight is 424 g/mol. The molecule has 1 aromatic carbocycles. The number of alkyl halides is 6. The van der Waals surface area contributed by atoms with Gasteiger partial charge in [0.1, 0.15) is 0 Å². The van der Waals surface area contributed by atoms with E-state index in [9.17, 15) is 30.6 Å². The van der Waals surface area contributed by atoms with Gasteiger partial charge in [-0.05, 0) is 50.6 Å². The van der Waals surface area contributed by atoms with Crippen molar-refractivity contribution >= 4 is 11.0 Å².